The molecule has 0 bridgehead atoms. The van der Waals surface area contributed by atoms with Gasteiger partial charge < -0.3 is 4.90 Å². The van der Waals surface area contributed by atoms with Gasteiger partial charge >= 0.3 is 0 Å². The summed E-state index contributed by atoms with van der Waals surface area (Å²) in [5.74, 6) is 0.854. The molecule has 0 saturated carbocycles. The lowest BCUT2D eigenvalue weighted by Gasteiger charge is -2.28. The molecule has 86 valence electrons. The van der Waals surface area contributed by atoms with Crippen molar-refractivity contribution in [1.29, 1.82) is 0 Å². The number of carbonyl (C=O) groups excluding carboxylic acids is 1. The van der Waals surface area contributed by atoms with Crippen LogP contribution in [0.25, 0.3) is 0 Å². The Kier molecular flexibility index (Phi) is 2.82. The summed E-state index contributed by atoms with van der Waals surface area (Å²) in [7, 11) is 0. The monoisotopic (exact) mass is 263 g/mol. The zero-order valence-corrected chi connectivity index (χ0v) is 10.5. The fraction of sp³-hybridized carbons (Fsp3) is 0.182. The number of nitrogens with zero attached hydrogens (tertiary/aromatic N) is 3. The topological polar surface area (TPSA) is 46.1 Å². The molecule has 1 aromatic carbocycles. The van der Waals surface area contributed by atoms with E-state index in [4.69, 9.17) is 0 Å². The van der Waals surface area contributed by atoms with Gasteiger partial charge in [0.05, 0.1) is 23.6 Å². The predicted molar refractivity (Wildman–Crippen MR) is 68.8 cm³/mol. The maximum absolute atomic E-state index is 12.2. The van der Waals surface area contributed by atoms with Crippen LogP contribution in [0, 0.1) is 0 Å². The quantitative estimate of drug-likeness (QED) is 0.792. The molecule has 0 aliphatic carbocycles. The number of rotatable bonds is 1. The Bertz CT molecular complexity index is 541. The molecule has 0 atom stereocenters. The molecule has 0 fully saturated rings. The molecule has 0 radical (unpaired) electrons. The van der Waals surface area contributed by atoms with Gasteiger partial charge in [-0.15, -0.1) is 11.8 Å². The largest absolute Gasteiger partial charge is 0.305 e. The van der Waals surface area contributed by atoms with Crippen molar-refractivity contribution in [3.8, 4) is 0 Å². The molecule has 2 aromatic rings. The minimum Gasteiger partial charge on any atom is -0.305 e. The number of carbonyl (C=O) groups is 1. The van der Waals surface area contributed by atoms with Gasteiger partial charge in [-0.1, -0.05) is 12.1 Å². The highest BCUT2D eigenvalue weighted by atomic mass is 32.2. The summed E-state index contributed by atoms with van der Waals surface area (Å²) in [5.41, 5.74) is 1.40. The van der Waals surface area contributed by atoms with Crippen LogP contribution in [0.3, 0.4) is 0 Å². The van der Waals surface area contributed by atoms with E-state index in [1.54, 1.807) is 16.7 Å². The summed E-state index contributed by atoms with van der Waals surface area (Å²) in [5, 5.41) is 0. The van der Waals surface area contributed by atoms with Crippen LogP contribution in [0.1, 0.15) is 10.5 Å². The molecule has 0 spiro atoms. The third-order valence-electron chi connectivity index (χ3n) is 2.55. The minimum atomic E-state index is -0.0634. The van der Waals surface area contributed by atoms with Gasteiger partial charge in [-0.2, -0.15) is 8.75 Å². The molecule has 1 amide bonds. The lowest BCUT2D eigenvalue weighted by atomic mass is 10.2. The lowest BCUT2D eigenvalue weighted by Crippen LogP contribution is -2.35. The van der Waals surface area contributed by atoms with Crippen LogP contribution in [-0.4, -0.2) is 27.0 Å². The van der Waals surface area contributed by atoms with Gasteiger partial charge in [0, 0.05) is 17.2 Å². The van der Waals surface area contributed by atoms with Crippen molar-refractivity contribution in [2.24, 2.45) is 0 Å². The molecule has 0 N–H and O–H groups in total. The van der Waals surface area contributed by atoms with Crippen molar-refractivity contribution in [3.05, 3.63) is 36.2 Å². The maximum atomic E-state index is 12.2. The smallest absolute Gasteiger partial charge is 0.279 e. The first kappa shape index (κ1) is 10.7. The van der Waals surface area contributed by atoms with E-state index in [9.17, 15) is 4.79 Å². The van der Waals surface area contributed by atoms with Gasteiger partial charge in [0.15, 0.2) is 5.69 Å². The Hall–Kier alpha value is -1.40. The van der Waals surface area contributed by atoms with E-state index in [-0.39, 0.29) is 5.91 Å². The van der Waals surface area contributed by atoms with E-state index in [2.05, 4.69) is 8.75 Å². The van der Waals surface area contributed by atoms with Crippen molar-refractivity contribution >= 4 is 35.1 Å². The van der Waals surface area contributed by atoms with Gasteiger partial charge in [-0.05, 0) is 12.1 Å². The first-order chi connectivity index (χ1) is 8.36. The SMILES string of the molecule is O=C(c1cnsn1)N1CCSc2ccccc21. The molecule has 3 rings (SSSR count). The average molecular weight is 263 g/mol. The summed E-state index contributed by atoms with van der Waals surface area (Å²) < 4.78 is 7.87. The second kappa shape index (κ2) is 4.46. The Balaban J connectivity index is 1.98. The van der Waals surface area contributed by atoms with E-state index in [0.29, 0.717) is 5.69 Å². The number of amides is 1. The van der Waals surface area contributed by atoms with Crippen molar-refractivity contribution in [1.82, 2.24) is 8.75 Å². The fourth-order valence-electron chi connectivity index (χ4n) is 1.78. The highest BCUT2D eigenvalue weighted by Gasteiger charge is 2.24. The number of fused-ring (bicyclic) bond motifs is 1. The molecule has 17 heavy (non-hydrogen) atoms. The normalized spacial score (nSPS) is 14.5. The van der Waals surface area contributed by atoms with E-state index in [1.165, 1.54) is 6.20 Å². The molecule has 6 heteroatoms. The summed E-state index contributed by atoms with van der Waals surface area (Å²) in [4.78, 5) is 15.2. The second-order valence-corrected chi connectivity index (χ2v) is 5.26. The standard InChI is InChI=1S/C11H9N3OS2/c15-11(8-7-12-17-13-8)14-5-6-16-10-4-2-1-3-9(10)14/h1-4,7H,5-6H2. The van der Waals surface area contributed by atoms with Gasteiger partial charge in [0.2, 0.25) is 0 Å². The summed E-state index contributed by atoms with van der Waals surface area (Å²) in [6.07, 6.45) is 1.53. The van der Waals surface area contributed by atoms with Crippen LogP contribution in [0.2, 0.25) is 0 Å². The summed E-state index contributed by atoms with van der Waals surface area (Å²) in [6, 6.07) is 7.95. The molecular formula is C11H9N3OS2. The van der Waals surface area contributed by atoms with Crippen LogP contribution < -0.4 is 4.90 Å². The van der Waals surface area contributed by atoms with Gasteiger partial charge in [0.25, 0.3) is 5.91 Å². The zero-order valence-electron chi connectivity index (χ0n) is 8.87. The molecule has 0 saturated heterocycles. The third-order valence-corrected chi connectivity index (χ3v) is 4.08. The molecule has 1 aliphatic heterocycles. The Morgan fingerprint density at radius 2 is 2.24 bits per heavy atom. The maximum Gasteiger partial charge on any atom is 0.279 e. The van der Waals surface area contributed by atoms with Crippen molar-refractivity contribution in [2.45, 2.75) is 4.90 Å². The highest BCUT2D eigenvalue weighted by molar-refractivity contribution is 7.99. The van der Waals surface area contributed by atoms with Crippen LogP contribution in [-0.2, 0) is 0 Å². The fourth-order valence-corrected chi connectivity index (χ4v) is 3.18. The number of thioether (sulfide) groups is 1. The average Bonchev–Trinajstić information content (AvgIpc) is 2.91. The molecular weight excluding hydrogens is 254 g/mol. The van der Waals surface area contributed by atoms with Crippen molar-refractivity contribution in [2.75, 3.05) is 17.2 Å². The number of aromatic nitrogens is 2. The highest BCUT2D eigenvalue weighted by Crippen LogP contribution is 2.34. The van der Waals surface area contributed by atoms with Crippen molar-refractivity contribution < 1.29 is 4.79 Å². The van der Waals surface area contributed by atoms with Crippen LogP contribution in [0.15, 0.2) is 35.4 Å². The number of anilines is 1. The van der Waals surface area contributed by atoms with E-state index >= 15 is 0 Å². The summed E-state index contributed by atoms with van der Waals surface area (Å²) in [6.45, 7) is 0.720. The van der Waals surface area contributed by atoms with Crippen LogP contribution in [0.5, 0.6) is 0 Å². The first-order valence-electron chi connectivity index (χ1n) is 5.17. The molecule has 4 nitrogen and oxygen atoms in total. The predicted octanol–water partition coefficient (Wildman–Crippen LogP) is 2.29. The van der Waals surface area contributed by atoms with Crippen LogP contribution in [0.4, 0.5) is 5.69 Å². The first-order valence-corrected chi connectivity index (χ1v) is 6.89. The molecule has 0 unspecified atom stereocenters. The van der Waals surface area contributed by atoms with Crippen molar-refractivity contribution in [3.63, 3.8) is 0 Å². The van der Waals surface area contributed by atoms with Gasteiger partial charge in [0.1, 0.15) is 0 Å². The number of hydrogen-bond acceptors (Lipinski definition) is 5. The number of benzene rings is 1. The van der Waals surface area contributed by atoms with Gasteiger partial charge in [-0.25, -0.2) is 0 Å². The summed E-state index contributed by atoms with van der Waals surface area (Å²) >= 11 is 2.84. The second-order valence-electron chi connectivity index (χ2n) is 3.57. The molecule has 1 aliphatic rings. The van der Waals surface area contributed by atoms with E-state index < -0.39 is 0 Å². The van der Waals surface area contributed by atoms with Crippen LogP contribution >= 0.6 is 23.5 Å². The number of para-hydroxylation sites is 1. The Labute approximate surface area is 107 Å². The Morgan fingerprint density at radius 3 is 3.06 bits per heavy atom. The van der Waals surface area contributed by atoms with Gasteiger partial charge in [-0.3, -0.25) is 4.79 Å². The Morgan fingerprint density at radius 1 is 1.35 bits per heavy atom. The van der Waals surface area contributed by atoms with E-state index in [0.717, 1.165) is 34.6 Å². The third kappa shape index (κ3) is 1.94. The molecule has 2 heterocycles. The molecule has 1 aromatic heterocycles. The minimum absolute atomic E-state index is 0.0634. The number of hydrogen-bond donors (Lipinski definition) is 0. The zero-order chi connectivity index (χ0) is 11.7. The van der Waals surface area contributed by atoms with E-state index in [1.807, 2.05) is 24.3 Å². The lowest BCUT2D eigenvalue weighted by molar-refractivity contribution is 0.0984.